The first-order valence-corrected chi connectivity index (χ1v) is 25.1. The third-order valence-corrected chi connectivity index (χ3v) is 10.4. The molecule has 0 spiro atoms. The van der Waals surface area contributed by atoms with Gasteiger partial charge in [-0.2, -0.15) is 0 Å². The van der Waals surface area contributed by atoms with Crippen LogP contribution in [0.15, 0.2) is 85.1 Å². The second kappa shape index (κ2) is 49.2. The molecular formula is C55H92O6. The molecule has 0 fully saturated rings. The fourth-order valence-corrected chi connectivity index (χ4v) is 6.68. The molecule has 348 valence electrons. The van der Waals surface area contributed by atoms with Gasteiger partial charge >= 0.3 is 17.9 Å². The molecule has 0 N–H and O–H groups in total. The molecule has 61 heavy (non-hydrogen) atoms. The van der Waals surface area contributed by atoms with Gasteiger partial charge in [0.25, 0.3) is 0 Å². The first kappa shape index (κ1) is 57.6. The summed E-state index contributed by atoms with van der Waals surface area (Å²) < 4.78 is 16.7. The molecule has 0 bridgehead atoms. The number of hydrogen-bond acceptors (Lipinski definition) is 6. The second-order valence-electron chi connectivity index (χ2n) is 16.3. The van der Waals surface area contributed by atoms with Gasteiger partial charge in [0, 0.05) is 19.3 Å². The summed E-state index contributed by atoms with van der Waals surface area (Å²) in [6, 6.07) is 0. The molecule has 0 radical (unpaired) electrons. The Morgan fingerprint density at radius 1 is 0.344 bits per heavy atom. The molecule has 0 rings (SSSR count). The Morgan fingerprint density at radius 2 is 0.639 bits per heavy atom. The van der Waals surface area contributed by atoms with Crippen molar-refractivity contribution in [1.82, 2.24) is 0 Å². The summed E-state index contributed by atoms with van der Waals surface area (Å²) in [6.45, 7) is 6.36. The lowest BCUT2D eigenvalue weighted by molar-refractivity contribution is -0.167. The average molecular weight is 849 g/mol. The van der Waals surface area contributed by atoms with Gasteiger partial charge < -0.3 is 14.2 Å². The highest BCUT2D eigenvalue weighted by Crippen LogP contribution is 2.14. The lowest BCUT2D eigenvalue weighted by Crippen LogP contribution is -2.30. The molecule has 1 unspecified atom stereocenters. The Bertz CT molecular complexity index is 1200. The van der Waals surface area contributed by atoms with Gasteiger partial charge in [-0.05, 0) is 89.9 Å². The summed E-state index contributed by atoms with van der Waals surface area (Å²) in [5.41, 5.74) is 0. The maximum Gasteiger partial charge on any atom is 0.306 e. The highest BCUT2D eigenvalue weighted by molar-refractivity contribution is 5.71. The number of allylic oxidation sites excluding steroid dienone is 14. The Labute approximate surface area is 375 Å². The van der Waals surface area contributed by atoms with Gasteiger partial charge in [-0.3, -0.25) is 14.4 Å². The number of carbonyl (C=O) groups is 3. The summed E-state index contributed by atoms with van der Waals surface area (Å²) >= 11 is 0. The van der Waals surface area contributed by atoms with E-state index in [1.54, 1.807) is 0 Å². The van der Waals surface area contributed by atoms with E-state index in [1.165, 1.54) is 70.6 Å². The molecule has 6 nitrogen and oxygen atoms in total. The molecule has 0 aliphatic carbocycles. The molecular weight excluding hydrogens is 757 g/mol. The number of ether oxygens (including phenoxy) is 3. The molecule has 0 heterocycles. The SMILES string of the molecule is CC/C=C\C/C=C\C/C=C\C/C=C\C/C=C\CCCCCC(=O)OCC(COC(=O)CCCCCCCCCCCC)OC(=O)CCCCCCCCC/C=C\C/C=C\CC. The van der Waals surface area contributed by atoms with E-state index >= 15 is 0 Å². The summed E-state index contributed by atoms with van der Waals surface area (Å²) in [5.74, 6) is -0.935. The van der Waals surface area contributed by atoms with E-state index in [1.807, 2.05) is 0 Å². The van der Waals surface area contributed by atoms with E-state index in [0.29, 0.717) is 19.3 Å². The van der Waals surface area contributed by atoms with Crippen molar-refractivity contribution in [1.29, 1.82) is 0 Å². The predicted molar refractivity (Wildman–Crippen MR) is 261 cm³/mol. The molecule has 0 aromatic carbocycles. The molecule has 0 aliphatic heterocycles. The molecule has 0 aromatic heterocycles. The first-order valence-electron chi connectivity index (χ1n) is 25.1. The third-order valence-electron chi connectivity index (χ3n) is 10.4. The maximum atomic E-state index is 12.8. The Kier molecular flexibility index (Phi) is 46.5. The largest absolute Gasteiger partial charge is 0.462 e. The van der Waals surface area contributed by atoms with Crippen molar-refractivity contribution in [3.05, 3.63) is 85.1 Å². The molecule has 6 heteroatoms. The number of unbranched alkanes of at least 4 members (excludes halogenated alkanes) is 19. The van der Waals surface area contributed by atoms with Gasteiger partial charge in [-0.15, -0.1) is 0 Å². The average Bonchev–Trinajstić information content (AvgIpc) is 3.26. The van der Waals surface area contributed by atoms with Crippen molar-refractivity contribution < 1.29 is 28.6 Å². The van der Waals surface area contributed by atoms with Crippen LogP contribution in [-0.4, -0.2) is 37.2 Å². The Hall–Kier alpha value is -3.41. The van der Waals surface area contributed by atoms with Gasteiger partial charge in [0.15, 0.2) is 6.10 Å². The van der Waals surface area contributed by atoms with Crippen molar-refractivity contribution in [2.24, 2.45) is 0 Å². The van der Waals surface area contributed by atoms with Crippen LogP contribution in [0, 0.1) is 0 Å². The van der Waals surface area contributed by atoms with Crippen LogP contribution in [0.2, 0.25) is 0 Å². The highest BCUT2D eigenvalue weighted by Gasteiger charge is 2.19. The van der Waals surface area contributed by atoms with E-state index in [-0.39, 0.29) is 31.1 Å². The van der Waals surface area contributed by atoms with Gasteiger partial charge in [-0.25, -0.2) is 0 Å². The van der Waals surface area contributed by atoms with Crippen LogP contribution in [0.1, 0.15) is 226 Å². The number of carbonyl (C=O) groups excluding carboxylic acids is 3. The zero-order valence-corrected chi connectivity index (χ0v) is 39.7. The summed E-state index contributed by atoms with van der Waals surface area (Å²) in [4.78, 5) is 37.9. The fourth-order valence-electron chi connectivity index (χ4n) is 6.68. The van der Waals surface area contributed by atoms with Crippen LogP contribution >= 0.6 is 0 Å². The van der Waals surface area contributed by atoms with E-state index in [4.69, 9.17) is 14.2 Å². The first-order chi connectivity index (χ1) is 30.0. The minimum absolute atomic E-state index is 0.0898. The van der Waals surface area contributed by atoms with Gasteiger partial charge in [0.05, 0.1) is 0 Å². The zero-order valence-electron chi connectivity index (χ0n) is 39.7. The van der Waals surface area contributed by atoms with Crippen LogP contribution in [0.3, 0.4) is 0 Å². The van der Waals surface area contributed by atoms with Crippen molar-refractivity contribution in [2.45, 2.75) is 232 Å². The summed E-state index contributed by atoms with van der Waals surface area (Å²) in [5, 5.41) is 0. The molecule has 1 atom stereocenters. The topological polar surface area (TPSA) is 78.9 Å². The standard InChI is InChI=1S/C55H92O6/c1-4-7-10-13-16-19-22-24-26-27-28-29-30-32-33-36-39-42-45-48-54(57)60-51-52(50-59-53(56)47-44-41-38-35-21-18-15-12-9-6-3)61-55(58)49-46-43-40-37-34-31-25-23-20-17-14-11-8-5-2/h7-8,10-11,16-17,19-20,24,26,28-29,32-33,52H,4-6,9,12-15,18,21-23,25,27,30-31,34-51H2,1-3H3/b10-7-,11-8-,19-16-,20-17-,26-24-,29-28-,33-32-. The van der Waals surface area contributed by atoms with Gasteiger partial charge in [0.2, 0.25) is 0 Å². The lowest BCUT2D eigenvalue weighted by Gasteiger charge is -2.18. The number of hydrogen-bond donors (Lipinski definition) is 0. The third kappa shape index (κ3) is 47.5. The highest BCUT2D eigenvalue weighted by atomic mass is 16.6. The van der Waals surface area contributed by atoms with E-state index in [9.17, 15) is 14.4 Å². The molecule has 0 aromatic rings. The van der Waals surface area contributed by atoms with Crippen LogP contribution in [0.5, 0.6) is 0 Å². The van der Waals surface area contributed by atoms with E-state index in [0.717, 1.165) is 116 Å². The van der Waals surface area contributed by atoms with Crippen molar-refractivity contribution in [3.63, 3.8) is 0 Å². The van der Waals surface area contributed by atoms with Crippen molar-refractivity contribution in [3.8, 4) is 0 Å². The smallest absolute Gasteiger partial charge is 0.306 e. The number of esters is 3. The molecule has 0 aliphatic rings. The minimum Gasteiger partial charge on any atom is -0.462 e. The van der Waals surface area contributed by atoms with Crippen LogP contribution in [-0.2, 0) is 28.6 Å². The zero-order chi connectivity index (χ0) is 44.4. The van der Waals surface area contributed by atoms with Crippen LogP contribution in [0.25, 0.3) is 0 Å². The van der Waals surface area contributed by atoms with E-state index < -0.39 is 6.10 Å². The number of rotatable bonds is 44. The quantitative estimate of drug-likeness (QED) is 0.0263. The van der Waals surface area contributed by atoms with Gasteiger partial charge in [-0.1, -0.05) is 202 Å². The minimum atomic E-state index is -0.792. The fraction of sp³-hybridized carbons (Fsp3) is 0.691. The second-order valence-corrected chi connectivity index (χ2v) is 16.3. The van der Waals surface area contributed by atoms with Crippen LogP contribution < -0.4 is 0 Å². The van der Waals surface area contributed by atoms with Crippen molar-refractivity contribution in [2.75, 3.05) is 13.2 Å². The maximum absolute atomic E-state index is 12.8. The molecule has 0 amide bonds. The predicted octanol–water partition coefficient (Wildman–Crippen LogP) is 16.4. The lowest BCUT2D eigenvalue weighted by atomic mass is 10.1. The monoisotopic (exact) mass is 849 g/mol. The van der Waals surface area contributed by atoms with Crippen LogP contribution in [0.4, 0.5) is 0 Å². The Balaban J connectivity index is 4.42. The van der Waals surface area contributed by atoms with Crippen molar-refractivity contribution >= 4 is 17.9 Å². The summed E-state index contributed by atoms with van der Waals surface area (Å²) in [6.07, 6.45) is 62.8. The van der Waals surface area contributed by atoms with E-state index in [2.05, 4.69) is 106 Å². The van der Waals surface area contributed by atoms with Gasteiger partial charge in [0.1, 0.15) is 13.2 Å². The Morgan fingerprint density at radius 3 is 1.02 bits per heavy atom. The normalized spacial score (nSPS) is 12.8. The molecule has 0 saturated carbocycles. The summed E-state index contributed by atoms with van der Waals surface area (Å²) in [7, 11) is 0. The molecule has 0 saturated heterocycles.